The first-order valence-electron chi connectivity index (χ1n) is 7.02. The minimum Gasteiger partial charge on any atom is -0.207 e. The summed E-state index contributed by atoms with van der Waals surface area (Å²) in [6.45, 7) is 8.40. The predicted octanol–water partition coefficient (Wildman–Crippen LogP) is 5.64. The van der Waals surface area contributed by atoms with Crippen LogP contribution in [0, 0.1) is 5.82 Å². The van der Waals surface area contributed by atoms with Gasteiger partial charge in [0.25, 0.3) is 0 Å². The molecule has 0 spiro atoms. The molecule has 0 N–H and O–H groups in total. The summed E-state index contributed by atoms with van der Waals surface area (Å²) >= 11 is 0. The molecule has 0 heterocycles. The van der Waals surface area contributed by atoms with E-state index in [0.717, 1.165) is 16.7 Å². The molecule has 0 aromatic heterocycles. The molecule has 0 atom stereocenters. The standard InChI is InChI=1S/C20H17F/c1-13(2)18-14(3)19(15-7-5-4-6-8-15)20(18)16-9-11-17(21)12-10-16/h4-12H,3H2,1-2H3. The lowest BCUT2D eigenvalue weighted by Gasteiger charge is -2.32. The zero-order valence-corrected chi connectivity index (χ0v) is 12.3. The average Bonchev–Trinajstić information content (AvgIpc) is 2.46. The van der Waals surface area contributed by atoms with Crippen LogP contribution in [0.4, 0.5) is 4.39 Å². The maximum atomic E-state index is 13.2. The molecular formula is C20H17F. The van der Waals surface area contributed by atoms with Gasteiger partial charge in [0.2, 0.25) is 0 Å². The largest absolute Gasteiger partial charge is 0.207 e. The summed E-state index contributed by atoms with van der Waals surface area (Å²) in [7, 11) is 0. The normalized spacial score (nSPS) is 14.2. The molecule has 1 heteroatoms. The van der Waals surface area contributed by atoms with Crippen LogP contribution in [0.25, 0.3) is 11.1 Å². The molecule has 2 aromatic rings. The van der Waals surface area contributed by atoms with Crippen molar-refractivity contribution in [3.63, 3.8) is 0 Å². The van der Waals surface area contributed by atoms with Gasteiger partial charge in [0, 0.05) is 0 Å². The highest BCUT2D eigenvalue weighted by Crippen LogP contribution is 2.51. The van der Waals surface area contributed by atoms with Gasteiger partial charge < -0.3 is 0 Å². The monoisotopic (exact) mass is 276 g/mol. The molecule has 104 valence electrons. The molecule has 1 aliphatic rings. The zero-order chi connectivity index (χ0) is 15.0. The van der Waals surface area contributed by atoms with Gasteiger partial charge in [-0.15, -0.1) is 0 Å². The van der Waals surface area contributed by atoms with E-state index in [9.17, 15) is 4.39 Å². The molecule has 0 radical (unpaired) electrons. The Hall–Kier alpha value is -2.41. The fourth-order valence-electron chi connectivity index (χ4n) is 2.87. The summed E-state index contributed by atoms with van der Waals surface area (Å²) < 4.78 is 13.2. The van der Waals surface area contributed by atoms with Gasteiger partial charge >= 0.3 is 0 Å². The van der Waals surface area contributed by atoms with Crippen molar-refractivity contribution in [3.05, 3.63) is 94.8 Å². The Bertz CT molecular complexity index is 755. The van der Waals surface area contributed by atoms with Crippen LogP contribution in [-0.4, -0.2) is 0 Å². The lowest BCUT2D eigenvalue weighted by atomic mass is 9.71. The van der Waals surface area contributed by atoms with Crippen molar-refractivity contribution < 1.29 is 4.39 Å². The molecule has 0 bridgehead atoms. The van der Waals surface area contributed by atoms with Crippen LogP contribution in [0.15, 0.2) is 77.9 Å². The van der Waals surface area contributed by atoms with E-state index < -0.39 is 0 Å². The first kappa shape index (κ1) is 13.6. The Morgan fingerprint density at radius 3 is 1.95 bits per heavy atom. The zero-order valence-electron chi connectivity index (χ0n) is 12.3. The molecule has 0 fully saturated rings. The summed E-state index contributed by atoms with van der Waals surface area (Å²) in [6.07, 6.45) is 0. The average molecular weight is 276 g/mol. The molecule has 0 saturated heterocycles. The van der Waals surface area contributed by atoms with Crippen molar-refractivity contribution in [2.75, 3.05) is 0 Å². The van der Waals surface area contributed by atoms with Crippen LogP contribution in [-0.2, 0) is 0 Å². The molecule has 0 saturated carbocycles. The maximum Gasteiger partial charge on any atom is 0.123 e. The number of hydrogen-bond acceptors (Lipinski definition) is 0. The highest BCUT2D eigenvalue weighted by atomic mass is 19.1. The minimum atomic E-state index is -0.211. The van der Waals surface area contributed by atoms with E-state index in [1.54, 1.807) is 0 Å². The van der Waals surface area contributed by atoms with Crippen LogP contribution < -0.4 is 0 Å². The van der Waals surface area contributed by atoms with Gasteiger partial charge in [-0.05, 0) is 59.4 Å². The second-order valence-electron chi connectivity index (χ2n) is 5.48. The molecule has 0 unspecified atom stereocenters. The second-order valence-corrected chi connectivity index (χ2v) is 5.48. The lowest BCUT2D eigenvalue weighted by molar-refractivity contribution is 0.627. The number of hydrogen-bond donors (Lipinski definition) is 0. The molecule has 21 heavy (non-hydrogen) atoms. The third-order valence-electron chi connectivity index (χ3n) is 3.80. The first-order valence-corrected chi connectivity index (χ1v) is 7.02. The van der Waals surface area contributed by atoms with Crippen molar-refractivity contribution in [3.8, 4) is 0 Å². The summed E-state index contributed by atoms with van der Waals surface area (Å²) in [5.41, 5.74) is 8.04. The number of halogens is 1. The summed E-state index contributed by atoms with van der Waals surface area (Å²) in [5, 5.41) is 0. The van der Waals surface area contributed by atoms with Gasteiger partial charge in [0.15, 0.2) is 0 Å². The van der Waals surface area contributed by atoms with Gasteiger partial charge in [0.1, 0.15) is 5.82 Å². The van der Waals surface area contributed by atoms with Crippen molar-refractivity contribution in [1.29, 1.82) is 0 Å². The molecule has 2 aromatic carbocycles. The van der Waals surface area contributed by atoms with Crippen LogP contribution in [0.2, 0.25) is 0 Å². The van der Waals surface area contributed by atoms with Gasteiger partial charge in [-0.3, -0.25) is 0 Å². The van der Waals surface area contributed by atoms with Gasteiger partial charge in [-0.2, -0.15) is 0 Å². The SMILES string of the molecule is C=C1C(=C(C)C)C(c2ccc(F)cc2)=C1c1ccccc1. The van der Waals surface area contributed by atoms with Crippen LogP contribution >= 0.6 is 0 Å². The van der Waals surface area contributed by atoms with Crippen LogP contribution in [0.1, 0.15) is 25.0 Å². The third kappa shape index (κ3) is 2.25. The van der Waals surface area contributed by atoms with Gasteiger partial charge in [-0.1, -0.05) is 54.6 Å². The Kier molecular flexibility index (Phi) is 3.34. The molecule has 1 aliphatic carbocycles. The number of allylic oxidation sites excluding steroid dienone is 5. The van der Waals surface area contributed by atoms with E-state index in [4.69, 9.17) is 0 Å². The summed E-state index contributed by atoms with van der Waals surface area (Å²) in [6, 6.07) is 16.9. The Morgan fingerprint density at radius 1 is 0.810 bits per heavy atom. The first-order chi connectivity index (χ1) is 10.1. The third-order valence-corrected chi connectivity index (χ3v) is 3.80. The van der Waals surface area contributed by atoms with Crippen molar-refractivity contribution >= 4 is 11.1 Å². The van der Waals surface area contributed by atoms with Crippen molar-refractivity contribution in [1.82, 2.24) is 0 Å². The second kappa shape index (κ2) is 5.17. The van der Waals surface area contributed by atoms with E-state index in [1.165, 1.54) is 34.4 Å². The van der Waals surface area contributed by atoms with Gasteiger partial charge in [0.05, 0.1) is 0 Å². The maximum absolute atomic E-state index is 13.2. The van der Waals surface area contributed by atoms with Crippen LogP contribution in [0.5, 0.6) is 0 Å². The Morgan fingerprint density at radius 2 is 1.38 bits per heavy atom. The van der Waals surface area contributed by atoms with Crippen molar-refractivity contribution in [2.24, 2.45) is 0 Å². The van der Waals surface area contributed by atoms with E-state index in [1.807, 2.05) is 30.3 Å². The number of rotatable bonds is 2. The fraction of sp³-hybridized carbons (Fsp3) is 0.100. The summed E-state index contributed by atoms with van der Waals surface area (Å²) in [4.78, 5) is 0. The summed E-state index contributed by atoms with van der Waals surface area (Å²) in [5.74, 6) is -0.211. The fourth-order valence-corrected chi connectivity index (χ4v) is 2.87. The molecule has 0 amide bonds. The lowest BCUT2D eigenvalue weighted by Crippen LogP contribution is -2.11. The molecule has 3 rings (SSSR count). The Labute approximate surface area is 124 Å². The van der Waals surface area contributed by atoms with E-state index in [2.05, 4.69) is 32.6 Å². The van der Waals surface area contributed by atoms with Crippen molar-refractivity contribution in [2.45, 2.75) is 13.8 Å². The van der Waals surface area contributed by atoms with Crippen LogP contribution in [0.3, 0.4) is 0 Å². The number of benzene rings is 2. The highest BCUT2D eigenvalue weighted by Gasteiger charge is 2.30. The van der Waals surface area contributed by atoms with E-state index >= 15 is 0 Å². The highest BCUT2D eigenvalue weighted by molar-refractivity contribution is 6.18. The molecule has 0 aliphatic heterocycles. The minimum absolute atomic E-state index is 0.211. The Balaban J connectivity index is 2.23. The van der Waals surface area contributed by atoms with Gasteiger partial charge in [-0.25, -0.2) is 4.39 Å². The topological polar surface area (TPSA) is 0 Å². The molecule has 0 nitrogen and oxygen atoms in total. The quantitative estimate of drug-likeness (QED) is 0.665. The van der Waals surface area contributed by atoms with E-state index in [-0.39, 0.29) is 5.82 Å². The predicted molar refractivity (Wildman–Crippen MR) is 87.2 cm³/mol. The molecular weight excluding hydrogens is 259 g/mol. The smallest absolute Gasteiger partial charge is 0.123 e. The van der Waals surface area contributed by atoms with E-state index in [0.29, 0.717) is 0 Å².